The molecule has 0 saturated heterocycles. The van der Waals surface area contributed by atoms with Crippen LogP contribution in [0.4, 0.5) is 0 Å². The molecular weight excluding hydrogens is 141 g/mol. The van der Waals surface area contributed by atoms with E-state index in [0.717, 1.165) is 0 Å². The lowest BCUT2D eigenvalue weighted by atomic mass is 11.3. The normalized spacial score (nSPS) is 5.40. The minimum Gasteiger partial charge on any atom is -0.668 e. The highest BCUT2D eigenvalue weighted by molar-refractivity contribution is 5.75. The molecule has 0 aliphatic heterocycles. The lowest BCUT2D eigenvalue weighted by molar-refractivity contribution is 1.61. The molecule has 0 atom stereocenters. The topological polar surface area (TPSA) is 42.3 Å². The molecule has 3 nitrogen and oxygen atoms in total. The van der Waals surface area contributed by atoms with E-state index in [2.05, 4.69) is 16.0 Å². The highest BCUT2D eigenvalue weighted by Gasteiger charge is 1.03. The fourth-order valence-corrected chi connectivity index (χ4v) is 0. The van der Waals surface area contributed by atoms with Crippen LogP contribution in [0, 0.1) is 0 Å². The van der Waals surface area contributed by atoms with Gasteiger partial charge < -0.3 is 16.0 Å². The summed E-state index contributed by atoms with van der Waals surface area (Å²) < 4.78 is 0. The molecule has 0 spiro atoms. The first-order chi connectivity index (χ1) is 4.24. The number of hydrogen-bond donors (Lipinski definition) is 0. The van der Waals surface area contributed by atoms with Crippen molar-refractivity contribution in [3.05, 3.63) is 16.0 Å². The monoisotopic (exact) mass is 159 g/mol. The van der Waals surface area contributed by atoms with Gasteiger partial charge in [0.15, 0.2) is 0 Å². The van der Waals surface area contributed by atoms with E-state index in [9.17, 15) is 0 Å². The first-order valence-corrected chi connectivity index (χ1v) is 2.68. The van der Waals surface area contributed by atoms with E-state index in [0.29, 0.717) is 0 Å². The second-order valence-corrected chi connectivity index (χ2v) is 1.34. The van der Waals surface area contributed by atoms with E-state index >= 15 is 0 Å². The van der Waals surface area contributed by atoms with Gasteiger partial charge in [0.1, 0.15) is 0 Å². The summed E-state index contributed by atoms with van der Waals surface area (Å²) in [6.07, 6.45) is 0. The van der Waals surface area contributed by atoms with Crippen molar-refractivity contribution in [1.82, 2.24) is 0 Å². The molecule has 0 N–H and O–H groups in total. The van der Waals surface area contributed by atoms with Crippen LogP contribution in [0.25, 0.3) is 16.0 Å². The van der Waals surface area contributed by atoms with Gasteiger partial charge in [0.2, 0.25) is 0 Å². The van der Waals surface area contributed by atoms with Crippen LogP contribution in [0.1, 0.15) is 0 Å². The van der Waals surface area contributed by atoms with Crippen molar-refractivity contribution in [3.63, 3.8) is 0 Å². The molecule has 0 saturated carbocycles. The Morgan fingerprint density at radius 1 is 0.500 bits per heavy atom. The molecule has 63 valence electrons. The van der Waals surface area contributed by atoms with E-state index in [-0.39, 0.29) is 17.4 Å². The lowest BCUT2D eigenvalue weighted by Crippen LogP contribution is -1.39. The fraction of sp³-hybridized carbons (Fsp3) is 1.00. The summed E-state index contributed by atoms with van der Waals surface area (Å²) >= 11 is 0. The van der Waals surface area contributed by atoms with Gasteiger partial charge in [0.25, 0.3) is 0 Å². The molecule has 10 heavy (non-hydrogen) atoms. The Balaban J connectivity index is -0.0000000257. The van der Waals surface area contributed by atoms with Gasteiger partial charge in [-0.1, -0.05) is 0 Å². The van der Waals surface area contributed by atoms with Gasteiger partial charge >= 0.3 is 0 Å². The van der Waals surface area contributed by atoms with Crippen molar-refractivity contribution in [2.75, 3.05) is 42.3 Å². The van der Waals surface area contributed by atoms with Crippen molar-refractivity contribution < 1.29 is 0 Å². The zero-order valence-corrected chi connectivity index (χ0v) is 9.07. The maximum absolute atomic E-state index is 3.50. The number of hydrogen-bond acceptors (Lipinski definition) is 0. The molecule has 0 aromatic carbocycles. The molecule has 0 aliphatic rings. The first-order valence-electron chi connectivity index (χ1n) is 2.68. The van der Waals surface area contributed by atoms with Crippen LogP contribution >= 0.6 is 0 Å². The summed E-state index contributed by atoms with van der Waals surface area (Å²) in [5, 5.41) is 10.5. The van der Waals surface area contributed by atoms with Gasteiger partial charge in [-0.3, -0.25) is 0 Å². The Morgan fingerprint density at radius 3 is 0.500 bits per heavy atom. The molecule has 3 radical (unpaired) electrons. The molecule has 0 unspecified atom stereocenters. The van der Waals surface area contributed by atoms with Crippen molar-refractivity contribution in [1.29, 1.82) is 0 Å². The third-order valence-electron chi connectivity index (χ3n) is 0. The highest BCUT2D eigenvalue weighted by atomic mass is 27.0. The third-order valence-corrected chi connectivity index (χ3v) is 0. The molecule has 0 aliphatic carbocycles. The van der Waals surface area contributed by atoms with Crippen molar-refractivity contribution in [3.8, 4) is 0 Å². The van der Waals surface area contributed by atoms with Crippen LogP contribution in [-0.2, 0) is 0 Å². The van der Waals surface area contributed by atoms with Gasteiger partial charge in [-0.25, -0.2) is 0 Å². The third kappa shape index (κ3) is 2720. The molecule has 0 heterocycles. The largest absolute Gasteiger partial charge is 0.668 e. The zero-order chi connectivity index (χ0) is 8.12. The molecule has 0 aromatic rings. The molecule has 0 bridgehead atoms. The number of nitrogens with zero attached hydrogens (tertiary/aromatic N) is 3. The summed E-state index contributed by atoms with van der Waals surface area (Å²) in [5.74, 6) is 0. The van der Waals surface area contributed by atoms with Crippen LogP contribution in [0.3, 0.4) is 0 Å². The maximum Gasteiger partial charge on any atom is 0 e. The van der Waals surface area contributed by atoms with Crippen LogP contribution in [-0.4, -0.2) is 59.6 Å². The summed E-state index contributed by atoms with van der Waals surface area (Å²) in [6.45, 7) is 0. The van der Waals surface area contributed by atoms with Crippen molar-refractivity contribution in [2.24, 2.45) is 0 Å². The summed E-state index contributed by atoms with van der Waals surface area (Å²) in [6, 6.07) is 0. The van der Waals surface area contributed by atoms with Crippen LogP contribution in [0.2, 0.25) is 0 Å². The van der Waals surface area contributed by atoms with Crippen molar-refractivity contribution in [2.45, 2.75) is 0 Å². The van der Waals surface area contributed by atoms with Gasteiger partial charge in [0, 0.05) is 17.4 Å². The van der Waals surface area contributed by atoms with Gasteiger partial charge in [0.05, 0.1) is 0 Å². The summed E-state index contributed by atoms with van der Waals surface area (Å²) in [4.78, 5) is 0. The van der Waals surface area contributed by atoms with E-state index in [1.54, 1.807) is 42.3 Å². The van der Waals surface area contributed by atoms with E-state index in [1.807, 2.05) is 0 Å². The lowest BCUT2D eigenvalue weighted by Gasteiger charge is -1.85. The molecular formula is C6H18AlN3-3. The molecule has 4 heteroatoms. The molecule has 0 amide bonds. The quantitative estimate of drug-likeness (QED) is 0.480. The second-order valence-electron chi connectivity index (χ2n) is 1.34. The van der Waals surface area contributed by atoms with E-state index in [1.165, 1.54) is 0 Å². The molecule has 0 rings (SSSR count). The zero-order valence-electron chi connectivity index (χ0n) is 7.92. The smallest absolute Gasteiger partial charge is 0 e. The van der Waals surface area contributed by atoms with E-state index in [4.69, 9.17) is 0 Å². The minimum absolute atomic E-state index is 0. The van der Waals surface area contributed by atoms with Gasteiger partial charge in [-0.05, 0) is 0 Å². The SMILES string of the molecule is C[N-]C.C[N-]C.C[N-]C.[Al]. The summed E-state index contributed by atoms with van der Waals surface area (Å²) in [7, 11) is 10.5. The Bertz CT molecular complexity index is 17.7. The Labute approximate surface area is 76.1 Å². The number of rotatable bonds is 0. The average Bonchev–Trinajstić information content (AvgIpc) is 1.70. The standard InChI is InChI=1S/3C2H6N.Al/c3*1-3-2;/h3*1-2H3;/q3*-1;. The highest BCUT2D eigenvalue weighted by Crippen LogP contribution is 1.48. The predicted octanol–water partition coefficient (Wildman–Crippen LogP) is 1.48. The van der Waals surface area contributed by atoms with Crippen LogP contribution in [0.5, 0.6) is 0 Å². The maximum atomic E-state index is 3.50. The van der Waals surface area contributed by atoms with Crippen molar-refractivity contribution >= 4 is 17.4 Å². The molecule has 0 aromatic heterocycles. The van der Waals surface area contributed by atoms with Crippen LogP contribution < -0.4 is 0 Å². The second kappa shape index (κ2) is 57.2. The predicted molar refractivity (Wildman–Crippen MR) is 51.4 cm³/mol. The molecule has 0 fully saturated rings. The Kier molecular flexibility index (Phi) is 128. The summed E-state index contributed by atoms with van der Waals surface area (Å²) in [5.41, 5.74) is 0. The van der Waals surface area contributed by atoms with Crippen LogP contribution in [0.15, 0.2) is 0 Å². The Morgan fingerprint density at radius 2 is 0.500 bits per heavy atom. The Hall–Kier alpha value is 0.412. The minimum atomic E-state index is 0. The van der Waals surface area contributed by atoms with E-state index < -0.39 is 0 Å². The van der Waals surface area contributed by atoms with Gasteiger partial charge in [-0.2, -0.15) is 42.3 Å². The average molecular weight is 159 g/mol. The first kappa shape index (κ1) is 22.4. The fourth-order valence-electron chi connectivity index (χ4n) is 0. The van der Waals surface area contributed by atoms with Gasteiger partial charge in [-0.15, -0.1) is 0 Å².